The molecule has 1 saturated heterocycles. The maximum Gasteiger partial charge on any atom is 0.241 e. The van der Waals surface area contributed by atoms with Crippen LogP contribution in [0.5, 0.6) is 0 Å². The summed E-state index contributed by atoms with van der Waals surface area (Å²) >= 11 is 2.35. The number of H-pyrrole nitrogens is 1. The molecule has 1 aliphatic rings. The lowest BCUT2D eigenvalue weighted by atomic mass is 9.73. The Morgan fingerprint density at radius 1 is 1.44 bits per heavy atom. The summed E-state index contributed by atoms with van der Waals surface area (Å²) in [5.41, 5.74) is 9.69. The highest BCUT2D eigenvalue weighted by atomic mass is 127. The molecular weight excluding hydrogens is 548 g/mol. The number of hydrogen-bond acceptors (Lipinski definition) is 5. The van der Waals surface area contributed by atoms with Crippen molar-refractivity contribution in [3.63, 3.8) is 0 Å². The van der Waals surface area contributed by atoms with Crippen molar-refractivity contribution in [3.05, 3.63) is 53.1 Å². The molecule has 1 fully saturated rings. The van der Waals surface area contributed by atoms with E-state index in [9.17, 15) is 15.2 Å². The number of halogens is 2. The Kier molecular flexibility index (Phi) is 6.68. The summed E-state index contributed by atoms with van der Waals surface area (Å²) in [6.07, 6.45) is 3.25. The lowest BCUT2D eigenvalue weighted by Crippen LogP contribution is -2.57. The van der Waals surface area contributed by atoms with Gasteiger partial charge in [-0.1, -0.05) is 42.5 Å². The minimum Gasteiger partial charge on any atom is -0.394 e. The van der Waals surface area contributed by atoms with Crippen LogP contribution in [0.3, 0.4) is 0 Å². The molecule has 1 aromatic carbocycles. The number of carbonyl (C=O) groups is 1. The van der Waals surface area contributed by atoms with Crippen molar-refractivity contribution >= 4 is 39.5 Å². The molecular formula is C25H27FIN5O2. The Hall–Kier alpha value is -2.55. The molecule has 1 aliphatic heterocycles. The molecule has 1 amide bonds. The Labute approximate surface area is 211 Å². The fourth-order valence-corrected chi connectivity index (χ4v) is 6.32. The topological polar surface area (TPSA) is 119 Å². The minimum atomic E-state index is -0.942. The van der Waals surface area contributed by atoms with Gasteiger partial charge in [-0.15, -0.1) is 0 Å². The first-order chi connectivity index (χ1) is 16.1. The second kappa shape index (κ2) is 9.24. The molecule has 3 aromatic rings. The highest BCUT2D eigenvalue weighted by Gasteiger charge is 2.48. The van der Waals surface area contributed by atoms with Gasteiger partial charge in [0.2, 0.25) is 5.91 Å². The van der Waals surface area contributed by atoms with Gasteiger partial charge in [-0.2, -0.15) is 5.26 Å². The van der Waals surface area contributed by atoms with E-state index in [-0.39, 0.29) is 23.6 Å². The number of nitriles is 1. The van der Waals surface area contributed by atoms with Crippen molar-refractivity contribution in [1.29, 1.82) is 5.26 Å². The van der Waals surface area contributed by atoms with Gasteiger partial charge in [0.05, 0.1) is 15.6 Å². The first kappa shape index (κ1) is 24.6. The normalized spacial score (nSPS) is 23.6. The number of benzene rings is 1. The SMILES string of the molecule is Cc1cc(-c2ccnc3[nH]cc(C#N)c23)cc(F)c1C1(I)[C@H](C)CN(C(=O)C(N)CO)C[C@@H]1C. The second-order valence-corrected chi connectivity index (χ2v) is 10.9. The second-order valence-electron chi connectivity index (χ2n) is 9.15. The molecule has 7 nitrogen and oxygen atoms in total. The standard InChI is InChI=1S/C25H27FIN5O2/c1-13-6-16(18-4-5-30-23-21(18)17(8-28)9-31-23)7-19(26)22(13)25(27)14(2)10-32(11-15(25)3)24(34)20(29)12-33/h4-7,9,14-15,20,33H,10-12,29H2,1-3H3,(H,30,31)/t14-,15+,20?,25?. The van der Waals surface area contributed by atoms with E-state index in [1.807, 2.05) is 26.8 Å². The maximum atomic E-state index is 15.9. The predicted molar refractivity (Wildman–Crippen MR) is 137 cm³/mol. The third-order valence-corrected chi connectivity index (χ3v) is 9.59. The average Bonchev–Trinajstić information content (AvgIpc) is 3.24. The summed E-state index contributed by atoms with van der Waals surface area (Å²) in [5, 5.41) is 19.5. The molecule has 4 N–H and O–H groups in total. The molecule has 0 bridgehead atoms. The molecule has 3 heterocycles. The van der Waals surface area contributed by atoms with Crippen molar-refractivity contribution in [3.8, 4) is 17.2 Å². The zero-order valence-electron chi connectivity index (χ0n) is 19.3. The number of carbonyl (C=O) groups excluding carboxylic acids is 1. The summed E-state index contributed by atoms with van der Waals surface area (Å²) in [7, 11) is 0. The van der Waals surface area contributed by atoms with E-state index in [0.717, 1.165) is 11.1 Å². The van der Waals surface area contributed by atoms with E-state index in [2.05, 4.69) is 38.6 Å². The summed E-state index contributed by atoms with van der Waals surface area (Å²) in [6.45, 7) is 6.40. The van der Waals surface area contributed by atoms with Crippen LogP contribution in [0.1, 0.15) is 30.5 Å². The van der Waals surface area contributed by atoms with Gasteiger partial charge in [0.25, 0.3) is 0 Å². The van der Waals surface area contributed by atoms with Crippen molar-refractivity contribution in [1.82, 2.24) is 14.9 Å². The van der Waals surface area contributed by atoms with Gasteiger partial charge in [-0.05, 0) is 47.6 Å². The van der Waals surface area contributed by atoms with E-state index in [1.54, 1.807) is 23.4 Å². The number of aliphatic hydroxyl groups excluding tert-OH is 1. The highest BCUT2D eigenvalue weighted by Crippen LogP contribution is 2.51. The first-order valence-corrected chi connectivity index (χ1v) is 12.2. The lowest BCUT2D eigenvalue weighted by molar-refractivity contribution is -0.136. The number of aromatic amines is 1. The zero-order valence-corrected chi connectivity index (χ0v) is 21.4. The van der Waals surface area contributed by atoms with Crippen LogP contribution in [-0.4, -0.2) is 51.6 Å². The Bertz CT molecular complexity index is 1270. The van der Waals surface area contributed by atoms with Crippen LogP contribution < -0.4 is 5.73 Å². The van der Waals surface area contributed by atoms with Crippen LogP contribution in [0.15, 0.2) is 30.6 Å². The van der Waals surface area contributed by atoms with Crippen molar-refractivity contribution in [2.75, 3.05) is 19.7 Å². The number of pyridine rings is 1. The first-order valence-electron chi connectivity index (χ1n) is 11.1. The molecule has 4 rings (SSSR count). The van der Waals surface area contributed by atoms with E-state index in [1.165, 1.54) is 6.07 Å². The monoisotopic (exact) mass is 575 g/mol. The van der Waals surface area contributed by atoms with Gasteiger partial charge >= 0.3 is 0 Å². The molecule has 178 valence electrons. The smallest absolute Gasteiger partial charge is 0.241 e. The van der Waals surface area contributed by atoms with Crippen LogP contribution in [-0.2, 0) is 8.22 Å². The van der Waals surface area contributed by atoms with Gasteiger partial charge in [-0.25, -0.2) is 9.37 Å². The molecule has 34 heavy (non-hydrogen) atoms. The number of nitrogens with one attached hydrogen (secondary N) is 1. The van der Waals surface area contributed by atoms with Crippen molar-refractivity contribution < 1.29 is 14.3 Å². The molecule has 0 saturated carbocycles. The predicted octanol–water partition coefficient (Wildman–Crippen LogP) is 3.61. The number of amides is 1. The number of hydrogen-bond donors (Lipinski definition) is 3. The fourth-order valence-electron chi connectivity index (χ4n) is 5.24. The Balaban J connectivity index is 1.76. The highest BCUT2D eigenvalue weighted by molar-refractivity contribution is 14.1. The van der Waals surface area contributed by atoms with Gasteiger partial charge in [-0.3, -0.25) is 4.79 Å². The van der Waals surface area contributed by atoms with Crippen LogP contribution >= 0.6 is 22.6 Å². The van der Waals surface area contributed by atoms with Crippen molar-refractivity contribution in [2.45, 2.75) is 30.2 Å². The van der Waals surface area contributed by atoms with E-state index < -0.39 is 16.1 Å². The number of nitrogens with zero attached hydrogens (tertiary/aromatic N) is 3. The number of nitrogens with two attached hydrogens (primary N) is 1. The van der Waals surface area contributed by atoms with Crippen LogP contribution in [0.4, 0.5) is 4.39 Å². The molecule has 0 radical (unpaired) electrons. The zero-order chi connectivity index (χ0) is 24.8. The van der Waals surface area contributed by atoms with E-state index in [0.29, 0.717) is 40.8 Å². The largest absolute Gasteiger partial charge is 0.394 e. The van der Waals surface area contributed by atoms with Gasteiger partial charge in [0.1, 0.15) is 23.6 Å². The number of aryl methyl sites for hydroxylation is 1. The molecule has 2 aromatic heterocycles. The van der Waals surface area contributed by atoms with Gasteiger partial charge in [0, 0.05) is 36.4 Å². The third kappa shape index (κ3) is 3.87. The summed E-state index contributed by atoms with van der Waals surface area (Å²) in [6, 6.07) is 6.52. The number of alkyl halides is 1. The molecule has 2 unspecified atom stereocenters. The third-order valence-electron chi connectivity index (χ3n) is 6.92. The lowest BCUT2D eigenvalue weighted by Gasteiger charge is -2.49. The van der Waals surface area contributed by atoms with Gasteiger partial charge in [0.15, 0.2) is 0 Å². The number of aromatic nitrogens is 2. The summed E-state index contributed by atoms with van der Waals surface area (Å²) in [4.78, 5) is 21.5. The van der Waals surface area contributed by atoms with Crippen LogP contribution in [0, 0.1) is 35.9 Å². The van der Waals surface area contributed by atoms with Crippen LogP contribution in [0.25, 0.3) is 22.2 Å². The maximum absolute atomic E-state index is 15.9. The summed E-state index contributed by atoms with van der Waals surface area (Å²) in [5.74, 6) is -0.691. The number of piperidine rings is 1. The number of fused-ring (bicyclic) bond motifs is 1. The molecule has 4 atom stereocenters. The quantitative estimate of drug-likeness (QED) is 0.325. The molecule has 9 heteroatoms. The summed E-state index contributed by atoms with van der Waals surface area (Å²) < 4.78 is 15.4. The number of likely N-dealkylation sites (tertiary alicyclic amines) is 1. The fraction of sp³-hybridized carbons (Fsp3) is 0.400. The van der Waals surface area contributed by atoms with Crippen LogP contribution in [0.2, 0.25) is 0 Å². The van der Waals surface area contributed by atoms with Gasteiger partial charge < -0.3 is 20.7 Å². The minimum absolute atomic E-state index is 0.0479. The molecule has 0 spiro atoms. The van der Waals surface area contributed by atoms with E-state index >= 15 is 4.39 Å². The van der Waals surface area contributed by atoms with E-state index in [4.69, 9.17) is 5.73 Å². The Morgan fingerprint density at radius 3 is 2.71 bits per heavy atom. The van der Waals surface area contributed by atoms with Crippen molar-refractivity contribution in [2.24, 2.45) is 17.6 Å². The average molecular weight is 575 g/mol. The number of rotatable bonds is 4. The molecule has 0 aliphatic carbocycles. The Morgan fingerprint density at radius 2 is 2.12 bits per heavy atom. The number of aliphatic hydroxyl groups is 1.